The summed E-state index contributed by atoms with van der Waals surface area (Å²) in [5, 5.41) is 7.04. The number of hydrogen-bond acceptors (Lipinski definition) is 4. The highest BCUT2D eigenvalue weighted by molar-refractivity contribution is 7.91. The SMILES string of the molecule is O=C(NCc1cnn(-c2ccccc2)c1)[C@@H]1CCS(=O)(=O)C1. The quantitative estimate of drug-likeness (QED) is 0.909. The van der Waals surface area contributed by atoms with Crippen LogP contribution in [-0.4, -0.2) is 35.6 Å². The van der Waals surface area contributed by atoms with Gasteiger partial charge in [0.05, 0.1) is 29.3 Å². The predicted octanol–water partition coefficient (Wildman–Crippen LogP) is 0.923. The molecule has 1 fully saturated rings. The number of sulfone groups is 1. The molecule has 1 aliphatic rings. The number of carbonyl (C=O) groups excluding carboxylic acids is 1. The van der Waals surface area contributed by atoms with Crippen LogP contribution in [0.15, 0.2) is 42.7 Å². The standard InChI is InChI=1S/C15H17N3O3S/c19-15(13-6-7-22(20,21)11-13)16-8-12-9-17-18(10-12)14-4-2-1-3-5-14/h1-5,9-10,13H,6-8,11H2,(H,16,19)/t13-/m1/s1. The van der Waals surface area contributed by atoms with E-state index in [2.05, 4.69) is 10.4 Å². The smallest absolute Gasteiger partial charge is 0.224 e. The highest BCUT2D eigenvalue weighted by Gasteiger charge is 2.32. The molecule has 0 radical (unpaired) electrons. The van der Waals surface area contributed by atoms with Crippen LogP contribution in [-0.2, 0) is 21.2 Å². The van der Waals surface area contributed by atoms with E-state index in [0.717, 1.165) is 11.3 Å². The van der Waals surface area contributed by atoms with Gasteiger partial charge in [-0.15, -0.1) is 0 Å². The fraction of sp³-hybridized carbons (Fsp3) is 0.333. The molecule has 1 aliphatic heterocycles. The molecule has 1 saturated heterocycles. The lowest BCUT2D eigenvalue weighted by Crippen LogP contribution is -2.30. The van der Waals surface area contributed by atoms with Crippen molar-refractivity contribution in [3.8, 4) is 5.69 Å². The molecule has 1 N–H and O–H groups in total. The summed E-state index contributed by atoms with van der Waals surface area (Å²) in [6, 6.07) is 9.68. The number of para-hydroxylation sites is 1. The molecule has 2 aromatic rings. The third-order valence-electron chi connectivity index (χ3n) is 3.73. The number of amides is 1. The van der Waals surface area contributed by atoms with Crippen LogP contribution in [0.2, 0.25) is 0 Å². The van der Waals surface area contributed by atoms with E-state index in [1.54, 1.807) is 10.9 Å². The first-order valence-corrected chi connectivity index (χ1v) is 8.93. The molecular weight excluding hydrogens is 302 g/mol. The number of rotatable bonds is 4. The van der Waals surface area contributed by atoms with Gasteiger partial charge in [0.2, 0.25) is 5.91 Å². The molecule has 116 valence electrons. The van der Waals surface area contributed by atoms with Gasteiger partial charge in [-0.3, -0.25) is 4.79 Å². The van der Waals surface area contributed by atoms with E-state index in [1.807, 2.05) is 36.5 Å². The fourth-order valence-electron chi connectivity index (χ4n) is 2.51. The highest BCUT2D eigenvalue weighted by Crippen LogP contribution is 2.18. The Morgan fingerprint density at radius 1 is 1.32 bits per heavy atom. The van der Waals surface area contributed by atoms with Gasteiger partial charge in [-0.25, -0.2) is 13.1 Å². The first-order chi connectivity index (χ1) is 10.5. The largest absolute Gasteiger partial charge is 0.352 e. The number of benzene rings is 1. The zero-order valence-corrected chi connectivity index (χ0v) is 12.8. The Morgan fingerprint density at radius 2 is 2.09 bits per heavy atom. The van der Waals surface area contributed by atoms with Crippen LogP contribution in [0.3, 0.4) is 0 Å². The normalized spacial score (nSPS) is 19.9. The van der Waals surface area contributed by atoms with E-state index in [9.17, 15) is 13.2 Å². The number of nitrogens with zero attached hydrogens (tertiary/aromatic N) is 2. The summed E-state index contributed by atoms with van der Waals surface area (Å²) in [6.45, 7) is 0.349. The van der Waals surface area contributed by atoms with Crippen molar-refractivity contribution in [2.45, 2.75) is 13.0 Å². The van der Waals surface area contributed by atoms with Crippen molar-refractivity contribution in [3.63, 3.8) is 0 Å². The molecule has 1 aromatic heterocycles. The maximum absolute atomic E-state index is 12.0. The number of carbonyl (C=O) groups is 1. The van der Waals surface area contributed by atoms with Gasteiger partial charge >= 0.3 is 0 Å². The summed E-state index contributed by atoms with van der Waals surface area (Å²) in [5.74, 6) is -0.554. The zero-order chi connectivity index (χ0) is 15.6. The van der Waals surface area contributed by atoms with Crippen molar-refractivity contribution < 1.29 is 13.2 Å². The minimum Gasteiger partial charge on any atom is -0.352 e. The van der Waals surface area contributed by atoms with Gasteiger partial charge in [0.25, 0.3) is 0 Å². The number of aromatic nitrogens is 2. The van der Waals surface area contributed by atoms with Crippen LogP contribution in [0.4, 0.5) is 0 Å². The Balaban J connectivity index is 1.59. The topological polar surface area (TPSA) is 81.1 Å². The Labute approximate surface area is 129 Å². The van der Waals surface area contributed by atoms with E-state index < -0.39 is 15.8 Å². The number of nitrogens with one attached hydrogen (secondary N) is 1. The maximum atomic E-state index is 12.0. The average Bonchev–Trinajstić information content (AvgIpc) is 3.12. The van der Waals surface area contributed by atoms with Gasteiger partial charge in [0.15, 0.2) is 9.84 Å². The Morgan fingerprint density at radius 3 is 2.77 bits per heavy atom. The summed E-state index contributed by atoms with van der Waals surface area (Å²) < 4.78 is 24.5. The molecule has 1 amide bonds. The minimum atomic E-state index is -3.03. The van der Waals surface area contributed by atoms with Gasteiger partial charge in [-0.05, 0) is 18.6 Å². The summed E-state index contributed by atoms with van der Waals surface area (Å²) in [7, 11) is -3.03. The lowest BCUT2D eigenvalue weighted by atomic mass is 10.1. The van der Waals surface area contributed by atoms with Gasteiger partial charge in [0.1, 0.15) is 0 Å². The molecule has 0 unspecified atom stereocenters. The van der Waals surface area contributed by atoms with Crippen LogP contribution >= 0.6 is 0 Å². The lowest BCUT2D eigenvalue weighted by Gasteiger charge is -2.08. The Kier molecular flexibility index (Phi) is 3.98. The molecule has 1 atom stereocenters. The summed E-state index contributed by atoms with van der Waals surface area (Å²) >= 11 is 0. The molecule has 0 saturated carbocycles. The van der Waals surface area contributed by atoms with E-state index in [0.29, 0.717) is 13.0 Å². The molecule has 0 spiro atoms. The van der Waals surface area contributed by atoms with Gasteiger partial charge in [0, 0.05) is 18.3 Å². The van der Waals surface area contributed by atoms with E-state index in [1.165, 1.54) is 0 Å². The summed E-state index contributed by atoms with van der Waals surface area (Å²) in [4.78, 5) is 12.0. The van der Waals surface area contributed by atoms with Crippen LogP contribution in [0, 0.1) is 5.92 Å². The third-order valence-corrected chi connectivity index (χ3v) is 5.49. The van der Waals surface area contributed by atoms with Crippen LogP contribution < -0.4 is 5.32 Å². The van der Waals surface area contributed by atoms with Gasteiger partial charge in [-0.2, -0.15) is 5.10 Å². The van der Waals surface area contributed by atoms with Gasteiger partial charge < -0.3 is 5.32 Å². The van der Waals surface area contributed by atoms with Crippen molar-refractivity contribution in [2.75, 3.05) is 11.5 Å². The molecule has 0 aliphatic carbocycles. The zero-order valence-electron chi connectivity index (χ0n) is 12.0. The minimum absolute atomic E-state index is 0.0396. The Bertz CT molecular complexity index is 768. The second-order valence-corrected chi connectivity index (χ2v) is 7.68. The molecule has 2 heterocycles. The first-order valence-electron chi connectivity index (χ1n) is 7.11. The predicted molar refractivity (Wildman–Crippen MR) is 82.2 cm³/mol. The van der Waals surface area contributed by atoms with E-state index in [-0.39, 0.29) is 17.4 Å². The van der Waals surface area contributed by atoms with Crippen LogP contribution in [0.25, 0.3) is 5.69 Å². The molecule has 3 rings (SSSR count). The average molecular weight is 319 g/mol. The number of hydrogen-bond donors (Lipinski definition) is 1. The molecule has 7 heteroatoms. The van der Waals surface area contributed by atoms with Crippen LogP contribution in [0.1, 0.15) is 12.0 Å². The second-order valence-electron chi connectivity index (χ2n) is 5.45. The molecule has 6 nitrogen and oxygen atoms in total. The van der Waals surface area contributed by atoms with Crippen molar-refractivity contribution in [3.05, 3.63) is 48.3 Å². The van der Waals surface area contributed by atoms with Crippen molar-refractivity contribution >= 4 is 15.7 Å². The molecular formula is C15H17N3O3S. The van der Waals surface area contributed by atoms with Crippen molar-refractivity contribution in [1.82, 2.24) is 15.1 Å². The first kappa shape index (κ1) is 14.8. The summed E-state index contributed by atoms with van der Waals surface area (Å²) in [5.41, 5.74) is 1.82. The van der Waals surface area contributed by atoms with Crippen LogP contribution in [0.5, 0.6) is 0 Å². The maximum Gasteiger partial charge on any atom is 0.224 e. The monoisotopic (exact) mass is 319 g/mol. The van der Waals surface area contributed by atoms with Crippen molar-refractivity contribution in [2.24, 2.45) is 5.92 Å². The Hall–Kier alpha value is -2.15. The third kappa shape index (κ3) is 3.36. The van der Waals surface area contributed by atoms with E-state index in [4.69, 9.17) is 0 Å². The van der Waals surface area contributed by atoms with E-state index >= 15 is 0 Å². The molecule has 1 aromatic carbocycles. The lowest BCUT2D eigenvalue weighted by molar-refractivity contribution is -0.124. The molecule has 22 heavy (non-hydrogen) atoms. The second kappa shape index (κ2) is 5.92. The fourth-order valence-corrected chi connectivity index (χ4v) is 4.25. The van der Waals surface area contributed by atoms with Crippen molar-refractivity contribution in [1.29, 1.82) is 0 Å². The van der Waals surface area contributed by atoms with Gasteiger partial charge in [-0.1, -0.05) is 18.2 Å². The molecule has 0 bridgehead atoms. The highest BCUT2D eigenvalue weighted by atomic mass is 32.2. The summed E-state index contributed by atoms with van der Waals surface area (Å²) in [6.07, 6.45) is 3.96.